The van der Waals surface area contributed by atoms with Crippen LogP contribution >= 0.6 is 0 Å². The predicted octanol–water partition coefficient (Wildman–Crippen LogP) is 4.32. The molecule has 0 aromatic heterocycles. The number of rotatable bonds is 8. The lowest BCUT2D eigenvalue weighted by Gasteiger charge is -2.22. The number of anilines is 1. The first-order chi connectivity index (χ1) is 14.8. The van der Waals surface area contributed by atoms with E-state index in [2.05, 4.69) is 5.32 Å². The number of hydrogen-bond donors (Lipinski definition) is 1. The molecule has 0 atom stereocenters. The Labute approximate surface area is 182 Å². The number of carbonyl (C=O) groups excluding carboxylic acids is 1. The molecule has 0 heterocycles. The number of aryl methyl sites for hydroxylation is 2. The highest BCUT2D eigenvalue weighted by atomic mass is 32.2. The lowest BCUT2D eigenvalue weighted by atomic mass is 10.1. The zero-order valence-electron chi connectivity index (χ0n) is 17.5. The fourth-order valence-corrected chi connectivity index (χ4v) is 4.56. The molecule has 1 N–H and O–H groups in total. The van der Waals surface area contributed by atoms with Gasteiger partial charge in [0.05, 0.1) is 10.6 Å². The van der Waals surface area contributed by atoms with Crippen molar-refractivity contribution in [1.29, 1.82) is 0 Å². The van der Waals surface area contributed by atoms with Gasteiger partial charge in [-0.15, -0.1) is 0 Å². The highest BCUT2D eigenvalue weighted by Crippen LogP contribution is 2.26. The van der Waals surface area contributed by atoms with E-state index in [-0.39, 0.29) is 16.6 Å². The van der Waals surface area contributed by atoms with E-state index in [1.165, 1.54) is 23.5 Å². The summed E-state index contributed by atoms with van der Waals surface area (Å²) in [6.45, 7) is 2.26. The second-order valence-corrected chi connectivity index (χ2v) is 9.24. The van der Waals surface area contributed by atoms with Crippen molar-refractivity contribution in [2.24, 2.45) is 0 Å². The summed E-state index contributed by atoms with van der Waals surface area (Å²) in [6.07, 6.45) is 1.47. The van der Waals surface area contributed by atoms with Gasteiger partial charge in [-0.1, -0.05) is 30.3 Å². The average Bonchev–Trinajstić information content (AvgIpc) is 2.77. The monoisotopic (exact) mass is 440 g/mol. The van der Waals surface area contributed by atoms with Crippen LogP contribution in [0.5, 0.6) is 0 Å². The molecular formula is C24H25FN2O3S. The van der Waals surface area contributed by atoms with Gasteiger partial charge in [0.25, 0.3) is 15.9 Å². The summed E-state index contributed by atoms with van der Waals surface area (Å²) >= 11 is 0. The van der Waals surface area contributed by atoms with Crippen molar-refractivity contribution < 1.29 is 17.6 Å². The van der Waals surface area contributed by atoms with Crippen molar-refractivity contribution in [1.82, 2.24) is 5.32 Å². The minimum Gasteiger partial charge on any atom is -0.352 e. The zero-order chi connectivity index (χ0) is 22.4. The van der Waals surface area contributed by atoms with Crippen molar-refractivity contribution in [3.63, 3.8) is 0 Å². The van der Waals surface area contributed by atoms with E-state index in [9.17, 15) is 17.6 Å². The van der Waals surface area contributed by atoms with Gasteiger partial charge >= 0.3 is 0 Å². The van der Waals surface area contributed by atoms with E-state index in [0.29, 0.717) is 23.4 Å². The molecule has 0 bridgehead atoms. The molecular weight excluding hydrogens is 415 g/mol. The maximum atomic E-state index is 12.9. The summed E-state index contributed by atoms with van der Waals surface area (Å²) in [5.41, 5.74) is 2.67. The number of hydrogen-bond acceptors (Lipinski definition) is 3. The van der Waals surface area contributed by atoms with Crippen LogP contribution in [0.15, 0.2) is 77.7 Å². The first kappa shape index (κ1) is 22.5. The van der Waals surface area contributed by atoms with Gasteiger partial charge in [-0.2, -0.15) is 0 Å². The van der Waals surface area contributed by atoms with Crippen molar-refractivity contribution >= 4 is 21.6 Å². The lowest BCUT2D eigenvalue weighted by Crippen LogP contribution is -2.28. The number of halogens is 1. The van der Waals surface area contributed by atoms with Crippen molar-refractivity contribution in [3.8, 4) is 0 Å². The smallest absolute Gasteiger partial charge is 0.264 e. The maximum absolute atomic E-state index is 12.9. The number of carbonyl (C=O) groups is 1. The topological polar surface area (TPSA) is 66.5 Å². The molecule has 3 aromatic rings. The van der Waals surface area contributed by atoms with Gasteiger partial charge in [-0.25, -0.2) is 12.8 Å². The minimum atomic E-state index is -3.68. The molecule has 7 heteroatoms. The van der Waals surface area contributed by atoms with Gasteiger partial charge in [0.15, 0.2) is 0 Å². The lowest BCUT2D eigenvalue weighted by molar-refractivity contribution is 0.0953. The number of sulfonamides is 1. The normalized spacial score (nSPS) is 11.2. The van der Waals surface area contributed by atoms with Crippen LogP contribution in [-0.2, 0) is 16.4 Å². The molecule has 3 aromatic carbocycles. The number of amides is 1. The van der Waals surface area contributed by atoms with Crippen LogP contribution in [0, 0.1) is 12.7 Å². The van der Waals surface area contributed by atoms with Gasteiger partial charge in [-0.3, -0.25) is 9.10 Å². The highest BCUT2D eigenvalue weighted by Gasteiger charge is 2.22. The van der Waals surface area contributed by atoms with Gasteiger partial charge < -0.3 is 5.32 Å². The van der Waals surface area contributed by atoms with Gasteiger partial charge in [-0.05, 0) is 73.4 Å². The molecule has 0 aliphatic rings. The van der Waals surface area contributed by atoms with Crippen molar-refractivity contribution in [3.05, 3.63) is 95.3 Å². The second-order valence-electron chi connectivity index (χ2n) is 7.27. The molecule has 0 fully saturated rings. The summed E-state index contributed by atoms with van der Waals surface area (Å²) in [5.74, 6) is -0.486. The Morgan fingerprint density at radius 2 is 1.68 bits per heavy atom. The predicted molar refractivity (Wildman–Crippen MR) is 120 cm³/mol. The Morgan fingerprint density at radius 1 is 1.00 bits per heavy atom. The van der Waals surface area contributed by atoms with E-state index in [1.54, 1.807) is 67.6 Å². The second kappa shape index (κ2) is 9.75. The average molecular weight is 441 g/mol. The highest BCUT2D eigenvalue weighted by molar-refractivity contribution is 7.92. The van der Waals surface area contributed by atoms with Gasteiger partial charge in [0.1, 0.15) is 5.82 Å². The number of nitrogens with one attached hydrogen (secondary N) is 1. The summed E-state index contributed by atoms with van der Waals surface area (Å²) < 4.78 is 39.8. The Balaban J connectivity index is 1.61. The molecule has 5 nitrogen and oxygen atoms in total. The van der Waals surface area contributed by atoms with Crippen LogP contribution < -0.4 is 9.62 Å². The van der Waals surface area contributed by atoms with Crippen molar-refractivity contribution in [2.45, 2.75) is 24.7 Å². The molecule has 0 aliphatic carbocycles. The van der Waals surface area contributed by atoms with E-state index in [4.69, 9.17) is 0 Å². The van der Waals surface area contributed by atoms with Crippen LogP contribution in [0.4, 0.5) is 10.1 Å². The van der Waals surface area contributed by atoms with Crippen LogP contribution in [0.2, 0.25) is 0 Å². The zero-order valence-corrected chi connectivity index (χ0v) is 18.3. The first-order valence-corrected chi connectivity index (χ1v) is 11.4. The molecule has 0 spiro atoms. The number of benzene rings is 3. The molecule has 1 amide bonds. The first-order valence-electron chi connectivity index (χ1n) is 9.96. The third kappa shape index (κ3) is 5.49. The molecule has 31 heavy (non-hydrogen) atoms. The van der Waals surface area contributed by atoms with Crippen LogP contribution in [-0.4, -0.2) is 27.9 Å². The molecule has 0 aliphatic heterocycles. The fraction of sp³-hybridized carbons (Fsp3) is 0.208. The Kier molecular flexibility index (Phi) is 7.07. The Hall–Kier alpha value is -3.19. The van der Waals surface area contributed by atoms with Gasteiger partial charge in [0, 0.05) is 19.2 Å². The SMILES string of the molecule is Cc1cc(C(=O)NCCCc2ccc(F)cc2)ccc1N(C)S(=O)(=O)c1ccccc1. The molecule has 162 valence electrons. The summed E-state index contributed by atoms with van der Waals surface area (Å²) in [4.78, 5) is 12.7. The summed E-state index contributed by atoms with van der Waals surface area (Å²) in [7, 11) is -2.19. The largest absolute Gasteiger partial charge is 0.352 e. The van der Waals surface area contributed by atoms with E-state index in [0.717, 1.165) is 18.4 Å². The van der Waals surface area contributed by atoms with Crippen LogP contribution in [0.3, 0.4) is 0 Å². The fourth-order valence-electron chi connectivity index (χ4n) is 3.28. The standard InChI is InChI=1S/C24H25FN2O3S/c1-18-17-20(24(28)26-16-6-7-19-10-13-21(25)14-11-19)12-15-23(18)27(2)31(29,30)22-8-4-3-5-9-22/h3-5,8-15,17H,6-7,16H2,1-2H3,(H,26,28). The molecule has 0 unspecified atom stereocenters. The quantitative estimate of drug-likeness (QED) is 0.531. The van der Waals surface area contributed by atoms with Crippen LogP contribution in [0.1, 0.15) is 27.9 Å². The molecule has 3 rings (SSSR count). The molecule has 0 saturated carbocycles. The Bertz CT molecular complexity index is 1150. The summed E-state index contributed by atoms with van der Waals surface area (Å²) in [5, 5.41) is 2.87. The van der Waals surface area contributed by atoms with E-state index >= 15 is 0 Å². The molecule has 0 saturated heterocycles. The maximum Gasteiger partial charge on any atom is 0.264 e. The summed E-state index contributed by atoms with van der Waals surface area (Å²) in [6, 6.07) is 19.5. The third-order valence-corrected chi connectivity index (χ3v) is 6.83. The van der Waals surface area contributed by atoms with E-state index in [1.807, 2.05) is 0 Å². The minimum absolute atomic E-state index is 0.208. The van der Waals surface area contributed by atoms with Gasteiger partial charge in [0.2, 0.25) is 0 Å². The number of nitrogens with zero attached hydrogens (tertiary/aromatic N) is 1. The van der Waals surface area contributed by atoms with Crippen LogP contribution in [0.25, 0.3) is 0 Å². The third-order valence-electron chi connectivity index (χ3n) is 5.04. The molecule has 0 radical (unpaired) electrons. The van der Waals surface area contributed by atoms with E-state index < -0.39 is 10.0 Å². The Morgan fingerprint density at radius 3 is 2.32 bits per heavy atom. The van der Waals surface area contributed by atoms with Crippen molar-refractivity contribution in [2.75, 3.05) is 17.9 Å².